The highest BCUT2D eigenvalue weighted by Gasteiger charge is 2.03. The number of nitrogens with zero attached hydrogens (tertiary/aromatic N) is 3. The van der Waals surface area contributed by atoms with Crippen molar-refractivity contribution < 1.29 is 0 Å². The largest absolute Gasteiger partial charge is 0.357 e. The van der Waals surface area contributed by atoms with E-state index in [1.165, 1.54) is 4.88 Å². The molecule has 0 saturated heterocycles. The molecule has 0 unspecified atom stereocenters. The molecule has 0 aliphatic heterocycles. The number of halogens is 1. The average molecular weight is 493 g/mol. The summed E-state index contributed by atoms with van der Waals surface area (Å²) in [6.45, 7) is 6.23. The van der Waals surface area contributed by atoms with Gasteiger partial charge in [-0.3, -0.25) is 4.98 Å². The zero-order valence-electron chi connectivity index (χ0n) is 15.5. The standard InChI is InChI=1S/C20H23N5S.HI/c1-3-21-20(25-14-19-23-12-15(2)26-19)24-13-16-7-6-8-17(11-16)18-9-4-5-10-22-18;/h4-12H,3,13-14H2,1-2H3,(H2,21,24,25);1H. The maximum atomic E-state index is 4.69. The Morgan fingerprint density at radius 2 is 2.00 bits per heavy atom. The number of hydrogen-bond donors (Lipinski definition) is 2. The molecule has 3 rings (SSSR count). The number of pyridine rings is 1. The van der Waals surface area contributed by atoms with Crippen molar-refractivity contribution in [2.45, 2.75) is 26.9 Å². The van der Waals surface area contributed by atoms with Gasteiger partial charge in [0.05, 0.1) is 18.8 Å². The minimum atomic E-state index is 0. The summed E-state index contributed by atoms with van der Waals surface area (Å²) in [4.78, 5) is 14.7. The zero-order valence-corrected chi connectivity index (χ0v) is 18.6. The number of rotatable bonds is 6. The van der Waals surface area contributed by atoms with Gasteiger partial charge in [-0.15, -0.1) is 35.3 Å². The molecule has 0 aliphatic rings. The second-order valence-corrected chi connectivity index (χ2v) is 7.15. The Balaban J connectivity index is 0.00000261. The Kier molecular flexibility index (Phi) is 8.66. The van der Waals surface area contributed by atoms with E-state index < -0.39 is 0 Å². The Bertz CT molecular complexity index is 864. The van der Waals surface area contributed by atoms with Crippen molar-refractivity contribution in [1.82, 2.24) is 20.6 Å². The molecule has 0 bridgehead atoms. The first kappa shape index (κ1) is 21.3. The van der Waals surface area contributed by atoms with Gasteiger partial charge in [0.25, 0.3) is 0 Å². The number of guanidine groups is 1. The van der Waals surface area contributed by atoms with Crippen molar-refractivity contribution in [2.24, 2.45) is 4.99 Å². The van der Waals surface area contributed by atoms with Crippen molar-refractivity contribution in [3.05, 3.63) is 70.3 Å². The fraction of sp³-hybridized carbons (Fsp3) is 0.250. The molecule has 5 nitrogen and oxygen atoms in total. The van der Waals surface area contributed by atoms with E-state index in [1.54, 1.807) is 11.3 Å². The van der Waals surface area contributed by atoms with Crippen molar-refractivity contribution in [1.29, 1.82) is 0 Å². The molecular weight excluding hydrogens is 469 g/mol. The number of nitrogens with one attached hydrogen (secondary N) is 2. The second kappa shape index (κ2) is 11.0. The molecule has 0 aliphatic carbocycles. The van der Waals surface area contributed by atoms with Crippen LogP contribution in [0.5, 0.6) is 0 Å². The molecule has 2 aromatic heterocycles. The molecule has 0 spiro atoms. The Hall–Kier alpha value is -2.00. The Morgan fingerprint density at radius 1 is 1.11 bits per heavy atom. The Labute approximate surface area is 181 Å². The van der Waals surface area contributed by atoms with Crippen LogP contribution in [0, 0.1) is 6.92 Å². The maximum Gasteiger partial charge on any atom is 0.191 e. The van der Waals surface area contributed by atoms with Gasteiger partial charge in [0.2, 0.25) is 0 Å². The van der Waals surface area contributed by atoms with Crippen molar-refractivity contribution in [3.63, 3.8) is 0 Å². The van der Waals surface area contributed by atoms with Crippen LogP contribution in [0.4, 0.5) is 0 Å². The first-order chi connectivity index (χ1) is 12.7. The SMILES string of the molecule is CCNC(=NCc1cccc(-c2ccccn2)c1)NCc1ncc(C)s1.I. The van der Waals surface area contributed by atoms with Crippen molar-refractivity contribution in [3.8, 4) is 11.3 Å². The molecule has 27 heavy (non-hydrogen) atoms. The number of benzene rings is 1. The van der Waals surface area contributed by atoms with Crippen LogP contribution in [0.3, 0.4) is 0 Å². The fourth-order valence-corrected chi connectivity index (χ4v) is 3.24. The molecule has 142 valence electrons. The summed E-state index contributed by atoms with van der Waals surface area (Å²) in [5.41, 5.74) is 3.23. The molecule has 3 aromatic rings. The van der Waals surface area contributed by atoms with Gasteiger partial charge in [-0.1, -0.05) is 24.3 Å². The highest BCUT2D eigenvalue weighted by molar-refractivity contribution is 14.0. The summed E-state index contributed by atoms with van der Waals surface area (Å²) in [7, 11) is 0. The third-order valence-corrected chi connectivity index (χ3v) is 4.64. The smallest absolute Gasteiger partial charge is 0.191 e. The highest BCUT2D eigenvalue weighted by atomic mass is 127. The summed E-state index contributed by atoms with van der Waals surface area (Å²) in [6, 6.07) is 14.3. The van der Waals surface area contributed by atoms with E-state index in [0.29, 0.717) is 13.1 Å². The second-order valence-electron chi connectivity index (χ2n) is 5.83. The molecule has 0 radical (unpaired) electrons. The summed E-state index contributed by atoms with van der Waals surface area (Å²) >= 11 is 1.70. The number of hydrogen-bond acceptors (Lipinski definition) is 4. The molecule has 2 N–H and O–H groups in total. The van der Waals surface area contributed by atoms with Gasteiger partial charge in [0, 0.05) is 29.4 Å². The van der Waals surface area contributed by atoms with Gasteiger partial charge >= 0.3 is 0 Å². The summed E-state index contributed by atoms with van der Waals surface area (Å²) in [5, 5.41) is 7.68. The third-order valence-electron chi connectivity index (χ3n) is 3.73. The monoisotopic (exact) mass is 493 g/mol. The van der Waals surface area contributed by atoms with E-state index >= 15 is 0 Å². The molecule has 2 heterocycles. The number of aromatic nitrogens is 2. The summed E-state index contributed by atoms with van der Waals surface area (Å²) < 4.78 is 0. The van der Waals surface area contributed by atoms with E-state index in [-0.39, 0.29) is 24.0 Å². The number of aryl methyl sites for hydroxylation is 1. The average Bonchev–Trinajstić information content (AvgIpc) is 3.10. The van der Waals surface area contributed by atoms with Gasteiger partial charge in [-0.2, -0.15) is 0 Å². The van der Waals surface area contributed by atoms with Crippen molar-refractivity contribution in [2.75, 3.05) is 6.54 Å². The predicted molar refractivity (Wildman–Crippen MR) is 124 cm³/mol. The minimum absolute atomic E-state index is 0. The molecule has 1 aromatic carbocycles. The first-order valence-corrected chi connectivity index (χ1v) is 9.50. The normalized spacial score (nSPS) is 11.0. The van der Waals surface area contributed by atoms with Crippen LogP contribution >= 0.6 is 35.3 Å². The summed E-state index contributed by atoms with van der Waals surface area (Å²) in [6.07, 6.45) is 3.71. The van der Waals surface area contributed by atoms with Gasteiger partial charge in [0.15, 0.2) is 5.96 Å². The Morgan fingerprint density at radius 3 is 2.70 bits per heavy atom. The lowest BCUT2D eigenvalue weighted by Gasteiger charge is -2.10. The van der Waals surface area contributed by atoms with Crippen LogP contribution in [-0.2, 0) is 13.1 Å². The van der Waals surface area contributed by atoms with E-state index in [4.69, 9.17) is 4.99 Å². The third kappa shape index (κ3) is 6.59. The van der Waals surface area contributed by atoms with Gasteiger partial charge in [0.1, 0.15) is 5.01 Å². The molecule has 0 amide bonds. The van der Waals surface area contributed by atoms with Crippen LogP contribution in [0.2, 0.25) is 0 Å². The van der Waals surface area contributed by atoms with Crippen LogP contribution in [-0.4, -0.2) is 22.5 Å². The maximum absolute atomic E-state index is 4.69. The van der Waals surface area contributed by atoms with Crippen LogP contribution in [0.25, 0.3) is 11.3 Å². The highest BCUT2D eigenvalue weighted by Crippen LogP contribution is 2.18. The number of thiazole rings is 1. The van der Waals surface area contributed by atoms with E-state index in [0.717, 1.165) is 34.3 Å². The van der Waals surface area contributed by atoms with E-state index in [2.05, 4.69) is 52.6 Å². The molecule has 0 fully saturated rings. The van der Waals surface area contributed by atoms with Gasteiger partial charge in [-0.25, -0.2) is 9.98 Å². The zero-order chi connectivity index (χ0) is 18.2. The van der Waals surface area contributed by atoms with Crippen LogP contribution in [0.1, 0.15) is 22.4 Å². The quantitative estimate of drug-likeness (QED) is 0.304. The molecule has 7 heteroatoms. The molecular formula is C20H24IN5S. The predicted octanol–water partition coefficient (Wildman–Crippen LogP) is 4.39. The lowest BCUT2D eigenvalue weighted by atomic mass is 10.1. The minimum Gasteiger partial charge on any atom is -0.357 e. The molecule has 0 atom stereocenters. The fourth-order valence-electron chi connectivity index (χ4n) is 2.52. The first-order valence-electron chi connectivity index (χ1n) is 8.68. The molecule has 0 saturated carbocycles. The van der Waals surface area contributed by atoms with E-state index in [1.807, 2.05) is 36.7 Å². The number of aliphatic imine (C=N–C) groups is 1. The van der Waals surface area contributed by atoms with E-state index in [9.17, 15) is 0 Å². The topological polar surface area (TPSA) is 62.2 Å². The van der Waals surface area contributed by atoms with Gasteiger partial charge < -0.3 is 10.6 Å². The summed E-state index contributed by atoms with van der Waals surface area (Å²) in [5.74, 6) is 0.795. The van der Waals surface area contributed by atoms with Crippen LogP contribution in [0.15, 0.2) is 59.9 Å². The van der Waals surface area contributed by atoms with Crippen LogP contribution < -0.4 is 10.6 Å². The van der Waals surface area contributed by atoms with Gasteiger partial charge in [-0.05, 0) is 37.6 Å². The van der Waals surface area contributed by atoms with Crippen molar-refractivity contribution >= 4 is 41.3 Å². The lowest BCUT2D eigenvalue weighted by Crippen LogP contribution is -2.36. The lowest BCUT2D eigenvalue weighted by molar-refractivity contribution is 0.811.